The average Bonchev–Trinajstić information content (AvgIpc) is 2.32. The molecule has 0 aromatic heterocycles. The van der Waals surface area contributed by atoms with Gasteiger partial charge in [0.1, 0.15) is 0 Å². The molecule has 0 heterocycles. The lowest BCUT2D eigenvalue weighted by Crippen LogP contribution is -2.12. The second kappa shape index (κ2) is 5.18. The van der Waals surface area contributed by atoms with E-state index in [1.54, 1.807) is 24.3 Å². The van der Waals surface area contributed by atoms with Crippen molar-refractivity contribution in [3.63, 3.8) is 0 Å². The normalized spacial score (nSPS) is 11.2. The molecular formula is C12H9Cl2NO2S. The summed E-state index contributed by atoms with van der Waals surface area (Å²) >= 11 is 11.4. The molecule has 0 aliphatic carbocycles. The summed E-state index contributed by atoms with van der Waals surface area (Å²) in [5.41, 5.74) is 0.453. The van der Waals surface area contributed by atoms with Gasteiger partial charge in [0.05, 0.1) is 4.90 Å². The van der Waals surface area contributed by atoms with Crippen LogP contribution in [0.25, 0.3) is 0 Å². The van der Waals surface area contributed by atoms with E-state index in [4.69, 9.17) is 23.2 Å². The molecule has 18 heavy (non-hydrogen) atoms. The first-order chi connectivity index (χ1) is 8.47. The molecule has 1 N–H and O–H groups in total. The van der Waals surface area contributed by atoms with E-state index in [2.05, 4.69) is 4.72 Å². The van der Waals surface area contributed by atoms with Gasteiger partial charge in [0.25, 0.3) is 10.0 Å². The summed E-state index contributed by atoms with van der Waals surface area (Å²) in [5, 5.41) is 1.03. The van der Waals surface area contributed by atoms with E-state index in [0.29, 0.717) is 15.7 Å². The fourth-order valence-electron chi connectivity index (χ4n) is 1.35. The number of hydrogen-bond donors (Lipinski definition) is 1. The Hall–Kier alpha value is -1.23. The Morgan fingerprint density at radius 1 is 0.778 bits per heavy atom. The van der Waals surface area contributed by atoms with Gasteiger partial charge in [-0.15, -0.1) is 0 Å². The zero-order chi connectivity index (χ0) is 13.2. The van der Waals surface area contributed by atoms with Crippen molar-refractivity contribution in [2.75, 3.05) is 4.72 Å². The number of rotatable bonds is 3. The van der Waals surface area contributed by atoms with Crippen LogP contribution in [0.4, 0.5) is 5.69 Å². The Morgan fingerprint density at radius 2 is 1.22 bits per heavy atom. The summed E-state index contributed by atoms with van der Waals surface area (Å²) in [5.74, 6) is 0. The van der Waals surface area contributed by atoms with E-state index < -0.39 is 10.0 Å². The summed E-state index contributed by atoms with van der Waals surface area (Å²) in [6.45, 7) is 0. The SMILES string of the molecule is O=S(=O)(Nc1ccc(Cl)cc1)c1ccc(Cl)cc1. The quantitative estimate of drug-likeness (QED) is 0.937. The molecule has 0 saturated carbocycles. The molecule has 0 aliphatic rings. The molecule has 0 bridgehead atoms. The first kappa shape index (κ1) is 13.2. The highest BCUT2D eigenvalue weighted by Crippen LogP contribution is 2.19. The summed E-state index contributed by atoms with van der Waals surface area (Å²) < 4.78 is 26.5. The zero-order valence-electron chi connectivity index (χ0n) is 9.10. The average molecular weight is 302 g/mol. The van der Waals surface area contributed by atoms with Gasteiger partial charge in [-0.25, -0.2) is 8.42 Å². The summed E-state index contributed by atoms with van der Waals surface area (Å²) in [7, 11) is -3.59. The van der Waals surface area contributed by atoms with Crippen molar-refractivity contribution in [3.05, 3.63) is 58.6 Å². The number of hydrogen-bond acceptors (Lipinski definition) is 2. The first-order valence-corrected chi connectivity index (χ1v) is 7.25. The van der Waals surface area contributed by atoms with Crippen LogP contribution in [0, 0.1) is 0 Å². The molecule has 6 heteroatoms. The number of benzene rings is 2. The molecule has 0 unspecified atom stereocenters. The molecule has 3 nitrogen and oxygen atoms in total. The summed E-state index contributed by atoms with van der Waals surface area (Å²) in [6.07, 6.45) is 0. The largest absolute Gasteiger partial charge is 0.280 e. The van der Waals surface area contributed by atoms with E-state index in [0.717, 1.165) is 0 Å². The molecule has 0 spiro atoms. The van der Waals surface area contributed by atoms with Crippen LogP contribution in [0.15, 0.2) is 53.4 Å². The molecule has 0 amide bonds. The van der Waals surface area contributed by atoms with Crippen molar-refractivity contribution in [1.29, 1.82) is 0 Å². The lowest BCUT2D eigenvalue weighted by atomic mass is 10.3. The highest BCUT2D eigenvalue weighted by Gasteiger charge is 2.13. The Bertz CT molecular complexity index is 637. The van der Waals surface area contributed by atoms with Crippen LogP contribution in [0.1, 0.15) is 0 Å². The smallest absolute Gasteiger partial charge is 0.261 e. The van der Waals surface area contributed by atoms with Crippen molar-refractivity contribution in [2.24, 2.45) is 0 Å². The summed E-state index contributed by atoms with van der Waals surface area (Å²) in [4.78, 5) is 0.154. The van der Waals surface area contributed by atoms with Gasteiger partial charge in [-0.3, -0.25) is 4.72 Å². The third-order valence-corrected chi connectivity index (χ3v) is 4.12. The topological polar surface area (TPSA) is 46.2 Å². The minimum atomic E-state index is -3.59. The van der Waals surface area contributed by atoms with E-state index >= 15 is 0 Å². The minimum Gasteiger partial charge on any atom is -0.280 e. The molecule has 0 radical (unpaired) electrons. The Morgan fingerprint density at radius 3 is 1.72 bits per heavy atom. The fourth-order valence-corrected chi connectivity index (χ4v) is 2.66. The van der Waals surface area contributed by atoms with Gasteiger partial charge < -0.3 is 0 Å². The van der Waals surface area contributed by atoms with Crippen LogP contribution in [0.2, 0.25) is 10.0 Å². The van der Waals surface area contributed by atoms with Gasteiger partial charge in [0, 0.05) is 15.7 Å². The molecular weight excluding hydrogens is 293 g/mol. The third kappa shape index (κ3) is 3.16. The Balaban J connectivity index is 2.27. The molecule has 0 atom stereocenters. The number of sulfonamides is 1. The lowest BCUT2D eigenvalue weighted by Gasteiger charge is -2.08. The van der Waals surface area contributed by atoms with Crippen molar-refractivity contribution >= 4 is 38.9 Å². The second-order valence-electron chi connectivity index (χ2n) is 3.57. The number of halogens is 2. The van der Waals surface area contributed by atoms with E-state index in [9.17, 15) is 8.42 Å². The van der Waals surface area contributed by atoms with Crippen LogP contribution in [-0.4, -0.2) is 8.42 Å². The fraction of sp³-hybridized carbons (Fsp3) is 0. The van der Waals surface area contributed by atoms with Gasteiger partial charge in [-0.1, -0.05) is 23.2 Å². The van der Waals surface area contributed by atoms with Gasteiger partial charge >= 0.3 is 0 Å². The Kier molecular flexibility index (Phi) is 3.80. The van der Waals surface area contributed by atoms with E-state index in [1.807, 2.05) is 0 Å². The minimum absolute atomic E-state index is 0.154. The van der Waals surface area contributed by atoms with Crippen LogP contribution in [-0.2, 0) is 10.0 Å². The predicted molar refractivity (Wildman–Crippen MR) is 73.7 cm³/mol. The standard InChI is InChI=1S/C12H9Cl2NO2S/c13-9-1-5-11(6-2-9)15-18(16,17)12-7-3-10(14)4-8-12/h1-8,15H. The third-order valence-electron chi connectivity index (χ3n) is 2.22. The maximum Gasteiger partial charge on any atom is 0.261 e. The number of anilines is 1. The molecule has 2 aromatic carbocycles. The molecule has 0 fully saturated rings. The van der Waals surface area contributed by atoms with Crippen molar-refractivity contribution in [1.82, 2.24) is 0 Å². The number of nitrogens with one attached hydrogen (secondary N) is 1. The van der Waals surface area contributed by atoms with Crippen molar-refractivity contribution < 1.29 is 8.42 Å². The molecule has 0 saturated heterocycles. The summed E-state index contributed by atoms with van der Waals surface area (Å²) in [6, 6.07) is 12.4. The molecule has 2 aromatic rings. The van der Waals surface area contributed by atoms with Gasteiger partial charge in [0.15, 0.2) is 0 Å². The lowest BCUT2D eigenvalue weighted by molar-refractivity contribution is 0.601. The maximum atomic E-state index is 12.0. The van der Waals surface area contributed by atoms with Gasteiger partial charge in [0.2, 0.25) is 0 Å². The zero-order valence-corrected chi connectivity index (χ0v) is 11.4. The van der Waals surface area contributed by atoms with Crippen LogP contribution < -0.4 is 4.72 Å². The van der Waals surface area contributed by atoms with Gasteiger partial charge in [-0.05, 0) is 48.5 Å². The van der Waals surface area contributed by atoms with Gasteiger partial charge in [-0.2, -0.15) is 0 Å². The van der Waals surface area contributed by atoms with Crippen LogP contribution in [0.5, 0.6) is 0 Å². The Labute approximate surface area is 115 Å². The monoisotopic (exact) mass is 301 g/mol. The van der Waals surface area contributed by atoms with Crippen LogP contribution in [0.3, 0.4) is 0 Å². The highest BCUT2D eigenvalue weighted by atomic mass is 35.5. The van der Waals surface area contributed by atoms with E-state index in [-0.39, 0.29) is 4.90 Å². The maximum absolute atomic E-state index is 12.0. The molecule has 94 valence electrons. The van der Waals surface area contributed by atoms with Crippen LogP contribution >= 0.6 is 23.2 Å². The molecule has 0 aliphatic heterocycles. The molecule has 2 rings (SSSR count). The second-order valence-corrected chi connectivity index (χ2v) is 6.12. The first-order valence-electron chi connectivity index (χ1n) is 5.01. The van der Waals surface area contributed by atoms with Crippen molar-refractivity contribution in [2.45, 2.75) is 4.90 Å². The van der Waals surface area contributed by atoms with Crippen molar-refractivity contribution in [3.8, 4) is 0 Å². The van der Waals surface area contributed by atoms with E-state index in [1.165, 1.54) is 24.3 Å². The predicted octanol–water partition coefficient (Wildman–Crippen LogP) is 3.79. The highest BCUT2D eigenvalue weighted by molar-refractivity contribution is 7.92.